The van der Waals surface area contributed by atoms with Crippen molar-refractivity contribution in [3.8, 4) is 5.75 Å². The molecule has 29 heavy (non-hydrogen) atoms. The molecule has 4 nitrogen and oxygen atoms in total. The molecular formula is C25H28N2O2. The lowest BCUT2D eigenvalue weighted by atomic mass is 10.1. The van der Waals surface area contributed by atoms with Crippen LogP contribution >= 0.6 is 0 Å². The van der Waals surface area contributed by atoms with Gasteiger partial charge in [-0.1, -0.05) is 48.5 Å². The highest BCUT2D eigenvalue weighted by molar-refractivity contribution is 6.04. The van der Waals surface area contributed by atoms with E-state index in [1.165, 1.54) is 5.56 Å². The number of ether oxygens (including phenoxy) is 1. The van der Waals surface area contributed by atoms with Gasteiger partial charge in [-0.25, -0.2) is 0 Å². The van der Waals surface area contributed by atoms with Gasteiger partial charge < -0.3 is 15.4 Å². The normalized spacial score (nSPS) is 10.5. The van der Waals surface area contributed by atoms with Crippen LogP contribution in [0.3, 0.4) is 0 Å². The van der Waals surface area contributed by atoms with E-state index in [2.05, 4.69) is 41.0 Å². The Hall–Kier alpha value is -3.11. The van der Waals surface area contributed by atoms with Crippen molar-refractivity contribution in [3.05, 3.63) is 96.1 Å². The molecule has 150 valence electrons. The molecule has 0 radical (unpaired) electrons. The molecule has 0 unspecified atom stereocenters. The Bertz CT molecular complexity index is 849. The molecule has 0 bridgehead atoms. The third-order valence-corrected chi connectivity index (χ3v) is 4.58. The first-order valence-corrected chi connectivity index (χ1v) is 10.2. The van der Waals surface area contributed by atoms with E-state index in [4.69, 9.17) is 4.74 Å². The van der Waals surface area contributed by atoms with Gasteiger partial charge in [-0.05, 0) is 74.3 Å². The van der Waals surface area contributed by atoms with Gasteiger partial charge >= 0.3 is 0 Å². The SMILES string of the molecule is O=C(Nc1ccccc1)c1ccc(OCCCNCCCc2ccccc2)cc1. The van der Waals surface area contributed by atoms with E-state index in [1.807, 2.05) is 42.5 Å². The zero-order chi connectivity index (χ0) is 20.2. The second-order valence-electron chi connectivity index (χ2n) is 6.89. The van der Waals surface area contributed by atoms with Crippen LogP contribution in [-0.2, 0) is 6.42 Å². The molecule has 4 heteroatoms. The minimum absolute atomic E-state index is 0.123. The van der Waals surface area contributed by atoms with E-state index in [-0.39, 0.29) is 5.91 Å². The molecule has 0 heterocycles. The Labute approximate surface area is 172 Å². The predicted molar refractivity (Wildman–Crippen MR) is 119 cm³/mol. The van der Waals surface area contributed by atoms with Gasteiger partial charge in [-0.3, -0.25) is 4.79 Å². The fourth-order valence-electron chi connectivity index (χ4n) is 3.00. The molecule has 3 aromatic rings. The summed E-state index contributed by atoms with van der Waals surface area (Å²) in [6.07, 6.45) is 3.19. The molecular weight excluding hydrogens is 360 g/mol. The van der Waals surface area contributed by atoms with E-state index < -0.39 is 0 Å². The average molecular weight is 389 g/mol. The number of carbonyl (C=O) groups excluding carboxylic acids is 1. The van der Waals surface area contributed by atoms with E-state index in [9.17, 15) is 4.79 Å². The standard InChI is InChI=1S/C25H28N2O2/c28-25(27-23-12-5-2-6-13-23)22-14-16-24(17-15-22)29-20-8-19-26-18-7-11-21-9-3-1-4-10-21/h1-6,9-10,12-17,26H,7-8,11,18-20H2,(H,27,28). The first kappa shape index (κ1) is 20.6. The Morgan fingerprint density at radius 1 is 0.759 bits per heavy atom. The van der Waals surface area contributed by atoms with Gasteiger partial charge in [-0.15, -0.1) is 0 Å². The summed E-state index contributed by atoms with van der Waals surface area (Å²) in [5.41, 5.74) is 2.79. The van der Waals surface area contributed by atoms with Crippen LogP contribution in [0.25, 0.3) is 0 Å². The lowest BCUT2D eigenvalue weighted by Crippen LogP contribution is -2.19. The Morgan fingerprint density at radius 2 is 1.41 bits per heavy atom. The number of rotatable bonds is 11. The van der Waals surface area contributed by atoms with Gasteiger partial charge in [0, 0.05) is 11.3 Å². The predicted octanol–water partition coefficient (Wildman–Crippen LogP) is 4.93. The molecule has 0 saturated carbocycles. The van der Waals surface area contributed by atoms with Crippen molar-refractivity contribution in [2.75, 3.05) is 25.0 Å². The zero-order valence-electron chi connectivity index (χ0n) is 16.6. The number of hydrogen-bond donors (Lipinski definition) is 2. The fourth-order valence-corrected chi connectivity index (χ4v) is 3.00. The van der Waals surface area contributed by atoms with Crippen molar-refractivity contribution in [1.29, 1.82) is 0 Å². The van der Waals surface area contributed by atoms with Crippen LogP contribution in [0.2, 0.25) is 0 Å². The topological polar surface area (TPSA) is 50.4 Å². The first-order valence-electron chi connectivity index (χ1n) is 10.2. The smallest absolute Gasteiger partial charge is 0.255 e. The maximum absolute atomic E-state index is 12.2. The Morgan fingerprint density at radius 3 is 2.14 bits per heavy atom. The van der Waals surface area contributed by atoms with Gasteiger partial charge in [0.15, 0.2) is 0 Å². The van der Waals surface area contributed by atoms with Crippen LogP contribution in [0, 0.1) is 0 Å². The molecule has 0 aliphatic rings. The van der Waals surface area contributed by atoms with Gasteiger partial charge in [0.1, 0.15) is 5.75 Å². The number of para-hydroxylation sites is 1. The van der Waals surface area contributed by atoms with Gasteiger partial charge in [0.05, 0.1) is 6.61 Å². The van der Waals surface area contributed by atoms with Crippen LogP contribution in [0.1, 0.15) is 28.8 Å². The number of benzene rings is 3. The largest absolute Gasteiger partial charge is 0.494 e. The summed E-state index contributed by atoms with van der Waals surface area (Å²) in [5.74, 6) is 0.660. The minimum atomic E-state index is -0.123. The van der Waals surface area contributed by atoms with Crippen molar-refractivity contribution < 1.29 is 9.53 Å². The molecule has 0 aliphatic heterocycles. The molecule has 0 aromatic heterocycles. The number of amides is 1. The van der Waals surface area contributed by atoms with Crippen LogP contribution in [0.4, 0.5) is 5.69 Å². The number of carbonyl (C=O) groups is 1. The van der Waals surface area contributed by atoms with E-state index in [1.54, 1.807) is 12.1 Å². The summed E-state index contributed by atoms with van der Waals surface area (Å²) in [4.78, 5) is 12.2. The summed E-state index contributed by atoms with van der Waals surface area (Å²) in [7, 11) is 0. The van der Waals surface area contributed by atoms with Crippen molar-refractivity contribution in [2.45, 2.75) is 19.3 Å². The Balaban J connectivity index is 1.28. The molecule has 0 fully saturated rings. The number of aryl methyl sites for hydroxylation is 1. The van der Waals surface area contributed by atoms with Crippen molar-refractivity contribution >= 4 is 11.6 Å². The molecule has 0 saturated heterocycles. The fraction of sp³-hybridized carbons (Fsp3) is 0.240. The molecule has 3 aromatic carbocycles. The van der Waals surface area contributed by atoms with E-state index in [0.29, 0.717) is 12.2 Å². The van der Waals surface area contributed by atoms with Crippen LogP contribution < -0.4 is 15.4 Å². The zero-order valence-corrected chi connectivity index (χ0v) is 16.6. The molecule has 0 atom stereocenters. The highest BCUT2D eigenvalue weighted by Crippen LogP contribution is 2.14. The molecule has 1 amide bonds. The lowest BCUT2D eigenvalue weighted by Gasteiger charge is -2.09. The highest BCUT2D eigenvalue weighted by Gasteiger charge is 2.06. The van der Waals surface area contributed by atoms with Crippen LogP contribution in [0.5, 0.6) is 5.75 Å². The van der Waals surface area contributed by atoms with Crippen molar-refractivity contribution in [1.82, 2.24) is 5.32 Å². The third kappa shape index (κ3) is 7.43. The summed E-state index contributed by atoms with van der Waals surface area (Å²) in [6, 6.07) is 27.3. The molecule has 0 aliphatic carbocycles. The molecule has 3 rings (SSSR count). The van der Waals surface area contributed by atoms with Crippen molar-refractivity contribution in [2.24, 2.45) is 0 Å². The second-order valence-corrected chi connectivity index (χ2v) is 6.89. The summed E-state index contributed by atoms with van der Waals surface area (Å²) in [5, 5.41) is 6.33. The summed E-state index contributed by atoms with van der Waals surface area (Å²) in [6.45, 7) is 2.60. The number of anilines is 1. The van der Waals surface area contributed by atoms with Crippen LogP contribution in [0.15, 0.2) is 84.9 Å². The first-order chi connectivity index (χ1) is 14.3. The molecule has 0 spiro atoms. The van der Waals surface area contributed by atoms with E-state index >= 15 is 0 Å². The summed E-state index contributed by atoms with van der Waals surface area (Å²) < 4.78 is 5.76. The molecule has 2 N–H and O–H groups in total. The second kappa shape index (κ2) is 11.7. The summed E-state index contributed by atoms with van der Waals surface area (Å²) >= 11 is 0. The quantitative estimate of drug-likeness (QED) is 0.458. The minimum Gasteiger partial charge on any atom is -0.494 e. The van der Waals surface area contributed by atoms with Gasteiger partial charge in [0.25, 0.3) is 5.91 Å². The third-order valence-electron chi connectivity index (χ3n) is 4.58. The van der Waals surface area contributed by atoms with Gasteiger partial charge in [0.2, 0.25) is 0 Å². The van der Waals surface area contributed by atoms with Gasteiger partial charge in [-0.2, -0.15) is 0 Å². The van der Waals surface area contributed by atoms with E-state index in [0.717, 1.165) is 43.8 Å². The lowest BCUT2D eigenvalue weighted by molar-refractivity contribution is 0.102. The monoisotopic (exact) mass is 388 g/mol. The van der Waals surface area contributed by atoms with Crippen molar-refractivity contribution in [3.63, 3.8) is 0 Å². The highest BCUT2D eigenvalue weighted by atomic mass is 16.5. The maximum Gasteiger partial charge on any atom is 0.255 e. The average Bonchev–Trinajstić information content (AvgIpc) is 2.77. The Kier molecular flexibility index (Phi) is 8.30. The number of hydrogen-bond acceptors (Lipinski definition) is 3. The maximum atomic E-state index is 12.2. The van der Waals surface area contributed by atoms with Crippen LogP contribution in [-0.4, -0.2) is 25.6 Å². The number of nitrogens with one attached hydrogen (secondary N) is 2.